The van der Waals surface area contributed by atoms with Crippen LogP contribution in [0.2, 0.25) is 0 Å². The molecule has 0 bridgehead atoms. The van der Waals surface area contributed by atoms with E-state index in [-0.39, 0.29) is 18.9 Å². The minimum absolute atomic E-state index is 0. The molecule has 0 aromatic heterocycles. The predicted molar refractivity (Wildman–Crippen MR) is 18.3 cm³/mol. The minimum atomic E-state index is -0.421. The molecule has 0 radical (unpaired) electrons. The molecule has 7 heavy (non-hydrogen) atoms. The second kappa shape index (κ2) is 2.95. The van der Waals surface area contributed by atoms with Crippen molar-refractivity contribution in [3.8, 4) is 0 Å². The molecule has 0 aromatic rings. The van der Waals surface area contributed by atoms with Crippen molar-refractivity contribution in [2.75, 3.05) is 13.2 Å². The zero-order valence-corrected chi connectivity index (χ0v) is 4.18. The van der Waals surface area contributed by atoms with E-state index in [1.807, 2.05) is 0 Å². The Bertz CT molecular complexity index is 83.0. The molecule has 3 nitrogen and oxygen atoms in total. The van der Waals surface area contributed by atoms with Gasteiger partial charge in [-0.1, -0.05) is 0 Å². The van der Waals surface area contributed by atoms with Crippen LogP contribution in [0.3, 0.4) is 0 Å². The van der Waals surface area contributed by atoms with Crippen molar-refractivity contribution < 1.29 is 28.7 Å². The summed E-state index contributed by atoms with van der Waals surface area (Å²) in [7, 11) is 0. The summed E-state index contributed by atoms with van der Waals surface area (Å²) in [6.45, 7) is 1.01. The zero-order chi connectivity index (χ0) is 4.41. The van der Waals surface area contributed by atoms with Crippen LogP contribution in [0.15, 0.2) is 4.99 Å². The molecular formula is C3H4LiNO2. The molecule has 0 saturated carbocycles. The molecule has 0 saturated heterocycles. The summed E-state index contributed by atoms with van der Waals surface area (Å²) >= 11 is 0. The molecule has 0 spiro atoms. The fourth-order valence-electron chi connectivity index (χ4n) is 0.316. The van der Waals surface area contributed by atoms with Gasteiger partial charge in [0, 0.05) is 6.61 Å². The van der Waals surface area contributed by atoms with Gasteiger partial charge in [-0.25, -0.2) is 0 Å². The average molecular weight is 93.0 g/mol. The van der Waals surface area contributed by atoms with E-state index < -0.39 is 6.08 Å². The van der Waals surface area contributed by atoms with Crippen molar-refractivity contribution in [2.45, 2.75) is 0 Å². The quantitative estimate of drug-likeness (QED) is 0.285. The van der Waals surface area contributed by atoms with Gasteiger partial charge in [0.05, 0.1) is 6.54 Å². The van der Waals surface area contributed by atoms with E-state index >= 15 is 0 Å². The molecule has 1 rings (SSSR count). The Morgan fingerprint density at radius 2 is 2.43 bits per heavy atom. The van der Waals surface area contributed by atoms with Crippen LogP contribution in [-0.4, -0.2) is 19.2 Å². The first kappa shape index (κ1) is 6.87. The van der Waals surface area contributed by atoms with Gasteiger partial charge < -0.3 is 9.84 Å². The van der Waals surface area contributed by atoms with E-state index in [1.165, 1.54) is 0 Å². The Labute approximate surface area is 53.6 Å². The zero-order valence-electron chi connectivity index (χ0n) is 4.18. The predicted octanol–water partition coefficient (Wildman–Crippen LogP) is -4.26. The van der Waals surface area contributed by atoms with Gasteiger partial charge in [0.1, 0.15) is 6.08 Å². The maximum atomic E-state index is 9.85. The number of hydrogen-bond acceptors (Lipinski definition) is 3. The summed E-state index contributed by atoms with van der Waals surface area (Å²) in [6, 6.07) is 0. The van der Waals surface area contributed by atoms with Crippen LogP contribution < -0.4 is 24.0 Å². The Morgan fingerprint density at radius 1 is 1.71 bits per heavy atom. The summed E-state index contributed by atoms with van der Waals surface area (Å²) < 4.78 is 4.35. The van der Waals surface area contributed by atoms with E-state index in [4.69, 9.17) is 0 Å². The topological polar surface area (TPSA) is 44.7 Å². The van der Waals surface area contributed by atoms with Crippen LogP contribution >= 0.6 is 0 Å². The Hall–Kier alpha value is -0.133. The Balaban J connectivity index is 0.000000360. The number of hydrogen-bond donors (Lipinski definition) is 0. The van der Waals surface area contributed by atoms with Crippen molar-refractivity contribution in [2.24, 2.45) is 4.99 Å². The molecule has 0 atom stereocenters. The summed E-state index contributed by atoms with van der Waals surface area (Å²) in [5, 5.41) is 9.85. The molecule has 1 aliphatic heterocycles. The largest absolute Gasteiger partial charge is 1.00 e. The molecule has 0 N–H and O–H groups in total. The van der Waals surface area contributed by atoms with Gasteiger partial charge in [0.25, 0.3) is 0 Å². The molecule has 0 aromatic carbocycles. The van der Waals surface area contributed by atoms with Gasteiger partial charge in [-0.05, 0) is 0 Å². The summed E-state index contributed by atoms with van der Waals surface area (Å²) in [4.78, 5) is 3.38. The first-order valence-corrected chi connectivity index (χ1v) is 1.74. The van der Waals surface area contributed by atoms with Crippen molar-refractivity contribution in [1.29, 1.82) is 0 Å². The van der Waals surface area contributed by atoms with Crippen molar-refractivity contribution in [3.05, 3.63) is 0 Å². The fraction of sp³-hybridized carbons (Fsp3) is 0.667. The van der Waals surface area contributed by atoms with E-state index in [2.05, 4.69) is 9.73 Å². The second-order valence-corrected chi connectivity index (χ2v) is 0.996. The fourth-order valence-corrected chi connectivity index (χ4v) is 0.316. The smallest absolute Gasteiger partial charge is 0.599 e. The van der Waals surface area contributed by atoms with Crippen molar-refractivity contribution in [3.63, 3.8) is 0 Å². The van der Waals surface area contributed by atoms with Crippen LogP contribution in [0.25, 0.3) is 0 Å². The van der Waals surface area contributed by atoms with Crippen LogP contribution in [0.5, 0.6) is 0 Å². The van der Waals surface area contributed by atoms with Crippen molar-refractivity contribution in [1.82, 2.24) is 0 Å². The number of nitrogens with zero attached hydrogens (tertiary/aromatic N) is 1. The SMILES string of the molecule is [Li+].[O-]C1=NCCO1. The Kier molecular flexibility index (Phi) is 2.89. The molecule has 4 heteroatoms. The third-order valence-electron chi connectivity index (χ3n) is 0.558. The second-order valence-electron chi connectivity index (χ2n) is 0.996. The number of rotatable bonds is 0. The normalized spacial score (nSPS) is 16.9. The maximum absolute atomic E-state index is 9.85. The molecule has 0 unspecified atom stereocenters. The molecular weight excluding hydrogens is 89.0 g/mol. The summed E-state index contributed by atoms with van der Waals surface area (Å²) in [5.41, 5.74) is 0. The standard InChI is InChI=1S/C3H5NO2.Li/c5-3-4-1-2-6-3;/h1-2H2,(H,4,5);/q;+1/p-1. The number of aliphatic imine (C=N–C) groups is 1. The monoisotopic (exact) mass is 93.0 g/mol. The van der Waals surface area contributed by atoms with Gasteiger partial charge in [-0.2, -0.15) is 0 Å². The van der Waals surface area contributed by atoms with Crippen LogP contribution in [0.1, 0.15) is 0 Å². The van der Waals surface area contributed by atoms with Crippen LogP contribution in [0, 0.1) is 0 Å². The maximum Gasteiger partial charge on any atom is 1.00 e. The molecule has 0 aliphatic carbocycles. The van der Waals surface area contributed by atoms with Gasteiger partial charge in [0.2, 0.25) is 0 Å². The van der Waals surface area contributed by atoms with Gasteiger partial charge in [0.15, 0.2) is 0 Å². The van der Waals surface area contributed by atoms with E-state index in [1.54, 1.807) is 0 Å². The molecule has 34 valence electrons. The van der Waals surface area contributed by atoms with Gasteiger partial charge in [-0.15, -0.1) is 0 Å². The average Bonchev–Trinajstić information content (AvgIpc) is 1.86. The molecule has 0 fully saturated rings. The summed E-state index contributed by atoms with van der Waals surface area (Å²) in [6.07, 6.45) is -0.421. The molecule has 0 amide bonds. The van der Waals surface area contributed by atoms with Gasteiger partial charge >= 0.3 is 18.9 Å². The first-order valence-electron chi connectivity index (χ1n) is 1.74. The molecule has 1 heterocycles. The third-order valence-corrected chi connectivity index (χ3v) is 0.558. The van der Waals surface area contributed by atoms with E-state index in [0.717, 1.165) is 0 Å². The minimum Gasteiger partial charge on any atom is -0.599 e. The number of ether oxygens (including phenoxy) is 1. The van der Waals surface area contributed by atoms with Gasteiger partial charge in [-0.3, -0.25) is 4.99 Å². The van der Waals surface area contributed by atoms with E-state index in [0.29, 0.717) is 13.2 Å². The molecule has 1 aliphatic rings. The third kappa shape index (κ3) is 1.86. The Morgan fingerprint density at radius 3 is 2.57 bits per heavy atom. The first-order chi connectivity index (χ1) is 2.89. The van der Waals surface area contributed by atoms with E-state index in [9.17, 15) is 5.11 Å². The summed E-state index contributed by atoms with van der Waals surface area (Å²) in [5.74, 6) is 0. The van der Waals surface area contributed by atoms with Crippen LogP contribution in [-0.2, 0) is 4.74 Å². The van der Waals surface area contributed by atoms with Crippen LogP contribution in [0.4, 0.5) is 0 Å². The van der Waals surface area contributed by atoms with Crippen molar-refractivity contribution >= 4 is 6.08 Å².